The second kappa shape index (κ2) is 9.22. The van der Waals surface area contributed by atoms with Crippen molar-refractivity contribution in [1.29, 1.82) is 0 Å². The van der Waals surface area contributed by atoms with E-state index in [1.54, 1.807) is 13.0 Å². The van der Waals surface area contributed by atoms with Gasteiger partial charge in [-0.15, -0.1) is 0 Å². The molecule has 0 heterocycles. The molecule has 0 radical (unpaired) electrons. The van der Waals surface area contributed by atoms with Gasteiger partial charge in [-0.25, -0.2) is 0 Å². The summed E-state index contributed by atoms with van der Waals surface area (Å²) in [5.74, 6) is 1.54. The van der Waals surface area contributed by atoms with Crippen LogP contribution in [0.4, 0.5) is 0 Å². The number of rotatable bonds is 7. The summed E-state index contributed by atoms with van der Waals surface area (Å²) in [7, 11) is 0. The lowest BCUT2D eigenvalue weighted by molar-refractivity contribution is -0.112. The molecule has 2 nitrogen and oxygen atoms in total. The van der Waals surface area contributed by atoms with Gasteiger partial charge in [0, 0.05) is 5.57 Å². The van der Waals surface area contributed by atoms with Crippen LogP contribution in [0.15, 0.2) is 34.4 Å². The molecule has 23 heavy (non-hydrogen) atoms. The molecule has 0 saturated heterocycles. The molecule has 0 spiro atoms. The van der Waals surface area contributed by atoms with Crippen molar-refractivity contribution in [3.8, 4) is 0 Å². The van der Waals surface area contributed by atoms with Crippen molar-refractivity contribution < 1.29 is 9.90 Å². The van der Waals surface area contributed by atoms with Crippen molar-refractivity contribution in [2.45, 2.75) is 67.2 Å². The molecule has 0 amide bonds. The van der Waals surface area contributed by atoms with Crippen LogP contribution in [0.3, 0.4) is 0 Å². The molecule has 0 fully saturated rings. The van der Waals surface area contributed by atoms with E-state index in [9.17, 15) is 4.79 Å². The van der Waals surface area contributed by atoms with Gasteiger partial charge in [0.1, 0.15) is 0 Å². The molecule has 0 saturated carbocycles. The molecule has 0 bridgehead atoms. The molecule has 130 valence electrons. The topological polar surface area (TPSA) is 37.3 Å². The van der Waals surface area contributed by atoms with E-state index in [0.717, 1.165) is 24.0 Å². The van der Waals surface area contributed by atoms with Crippen molar-refractivity contribution in [2.24, 2.45) is 17.8 Å². The predicted molar refractivity (Wildman–Crippen MR) is 98.3 cm³/mol. The second-order valence-corrected chi connectivity index (χ2v) is 7.53. The van der Waals surface area contributed by atoms with Crippen LogP contribution < -0.4 is 0 Å². The highest BCUT2D eigenvalue weighted by Gasteiger charge is 2.30. The molecule has 0 aliphatic heterocycles. The third-order valence-electron chi connectivity index (χ3n) is 5.14. The first kappa shape index (κ1) is 19.9. The summed E-state index contributed by atoms with van der Waals surface area (Å²) in [5, 5.41) is 9.15. The van der Waals surface area contributed by atoms with Crippen molar-refractivity contribution >= 4 is 5.78 Å². The first-order valence-corrected chi connectivity index (χ1v) is 8.94. The Kier molecular flexibility index (Phi) is 7.98. The molecule has 0 unspecified atom stereocenters. The summed E-state index contributed by atoms with van der Waals surface area (Å²) in [6, 6.07) is 0. The van der Waals surface area contributed by atoms with Gasteiger partial charge >= 0.3 is 0 Å². The summed E-state index contributed by atoms with van der Waals surface area (Å²) in [6.45, 7) is 12.7. The van der Waals surface area contributed by atoms with Gasteiger partial charge in [-0.05, 0) is 82.8 Å². The van der Waals surface area contributed by atoms with Crippen LogP contribution in [0.25, 0.3) is 0 Å². The molecule has 1 N–H and O–H groups in total. The maximum Gasteiger partial charge on any atom is 0.182 e. The standard InChI is InChI=1S/C21H34O2/c1-14(2)8-7-9-16(4)19-11-10-17(5)21(18(19)6)20(23)12-15(3)13-22/h8,12,16-17,19,22H,7,9-11,13H2,1-6H3/b15-12-/t16-,17-,19+/m0/s1. The third-order valence-corrected chi connectivity index (χ3v) is 5.14. The fraction of sp³-hybridized carbons (Fsp3) is 0.667. The van der Waals surface area contributed by atoms with E-state index in [1.807, 2.05) is 0 Å². The van der Waals surface area contributed by atoms with Crippen LogP contribution in [0.2, 0.25) is 0 Å². The van der Waals surface area contributed by atoms with Gasteiger partial charge in [0.25, 0.3) is 0 Å². The number of ketones is 1. The summed E-state index contributed by atoms with van der Waals surface area (Å²) < 4.78 is 0. The molecule has 3 atom stereocenters. The van der Waals surface area contributed by atoms with Crippen molar-refractivity contribution in [1.82, 2.24) is 0 Å². The van der Waals surface area contributed by atoms with Crippen molar-refractivity contribution in [2.75, 3.05) is 6.61 Å². The smallest absolute Gasteiger partial charge is 0.182 e. The van der Waals surface area contributed by atoms with Crippen LogP contribution in [-0.4, -0.2) is 17.5 Å². The van der Waals surface area contributed by atoms with E-state index in [0.29, 0.717) is 17.8 Å². The van der Waals surface area contributed by atoms with E-state index >= 15 is 0 Å². The fourth-order valence-electron chi connectivity index (χ4n) is 3.71. The van der Waals surface area contributed by atoms with Gasteiger partial charge in [-0.1, -0.05) is 31.1 Å². The number of aliphatic hydroxyl groups excluding tert-OH is 1. The number of carbonyl (C=O) groups excluding carboxylic acids is 1. The number of carbonyl (C=O) groups is 1. The van der Waals surface area contributed by atoms with Gasteiger partial charge in [-0.3, -0.25) is 4.79 Å². The maximum atomic E-state index is 12.6. The monoisotopic (exact) mass is 318 g/mol. The molecule has 0 aromatic carbocycles. The minimum atomic E-state index is -0.0466. The number of hydrogen-bond donors (Lipinski definition) is 1. The van der Waals surface area contributed by atoms with Gasteiger partial charge in [0.2, 0.25) is 0 Å². The van der Waals surface area contributed by atoms with Crippen molar-refractivity contribution in [3.63, 3.8) is 0 Å². The average Bonchev–Trinajstić information content (AvgIpc) is 2.46. The lowest BCUT2D eigenvalue weighted by atomic mass is 9.71. The van der Waals surface area contributed by atoms with Crippen molar-refractivity contribution in [3.05, 3.63) is 34.4 Å². The van der Waals surface area contributed by atoms with Crippen LogP contribution >= 0.6 is 0 Å². The van der Waals surface area contributed by atoms with Gasteiger partial charge in [-0.2, -0.15) is 0 Å². The minimum absolute atomic E-state index is 0.0466. The zero-order chi connectivity index (χ0) is 17.6. The maximum absolute atomic E-state index is 12.6. The van der Waals surface area contributed by atoms with Crippen LogP contribution in [0.1, 0.15) is 67.2 Å². The highest BCUT2D eigenvalue weighted by molar-refractivity contribution is 6.05. The Morgan fingerprint density at radius 3 is 2.52 bits per heavy atom. The molecular formula is C21H34O2. The largest absolute Gasteiger partial charge is 0.392 e. The van der Waals surface area contributed by atoms with E-state index in [2.05, 4.69) is 40.7 Å². The summed E-state index contributed by atoms with van der Waals surface area (Å²) in [4.78, 5) is 12.6. The van der Waals surface area contributed by atoms with E-state index in [4.69, 9.17) is 5.11 Å². The lowest BCUT2D eigenvalue weighted by Gasteiger charge is -2.34. The van der Waals surface area contributed by atoms with E-state index < -0.39 is 0 Å². The Morgan fingerprint density at radius 2 is 1.96 bits per heavy atom. The van der Waals surface area contributed by atoms with Crippen LogP contribution in [0.5, 0.6) is 0 Å². The Balaban J connectivity index is 2.94. The van der Waals surface area contributed by atoms with Crippen LogP contribution in [0, 0.1) is 17.8 Å². The molecule has 1 rings (SSSR count). The lowest BCUT2D eigenvalue weighted by Crippen LogP contribution is -2.25. The number of aliphatic hydroxyl groups is 1. The highest BCUT2D eigenvalue weighted by Crippen LogP contribution is 2.40. The minimum Gasteiger partial charge on any atom is -0.392 e. The quantitative estimate of drug-likeness (QED) is 0.515. The normalized spacial score (nSPS) is 23.7. The Labute approximate surface area is 142 Å². The van der Waals surface area contributed by atoms with Gasteiger partial charge < -0.3 is 5.11 Å². The molecule has 0 aromatic rings. The number of hydrogen-bond acceptors (Lipinski definition) is 2. The zero-order valence-electron chi connectivity index (χ0n) is 15.8. The Morgan fingerprint density at radius 1 is 1.30 bits per heavy atom. The fourth-order valence-corrected chi connectivity index (χ4v) is 3.71. The summed E-state index contributed by atoms with van der Waals surface area (Å²) >= 11 is 0. The van der Waals surface area contributed by atoms with Gasteiger partial charge in [0.05, 0.1) is 6.61 Å². The highest BCUT2D eigenvalue weighted by atomic mass is 16.3. The van der Waals surface area contributed by atoms with E-state index in [1.165, 1.54) is 24.0 Å². The molecule has 2 heteroatoms. The molecule has 1 aliphatic carbocycles. The summed E-state index contributed by atoms with van der Waals surface area (Å²) in [6.07, 6.45) is 8.49. The van der Waals surface area contributed by atoms with E-state index in [-0.39, 0.29) is 12.4 Å². The Hall–Kier alpha value is -1.15. The van der Waals surface area contributed by atoms with Gasteiger partial charge in [0.15, 0.2) is 5.78 Å². The first-order valence-electron chi connectivity index (χ1n) is 8.94. The molecule has 1 aliphatic rings. The molecular weight excluding hydrogens is 284 g/mol. The molecule has 0 aromatic heterocycles. The van der Waals surface area contributed by atoms with Crippen LogP contribution in [-0.2, 0) is 4.79 Å². The summed E-state index contributed by atoms with van der Waals surface area (Å²) in [5.41, 5.74) is 4.38. The first-order chi connectivity index (χ1) is 10.8. The third kappa shape index (κ3) is 5.76. The SMILES string of the molecule is CC(C)=CCC[C@H](C)[C@H]1CC[C@H](C)C(C(=O)/C=C(/C)CO)=C1C. The average molecular weight is 319 g/mol. The number of allylic oxidation sites excluding steroid dienone is 5. The second-order valence-electron chi connectivity index (χ2n) is 7.53. The Bertz CT molecular complexity index is 504. The predicted octanol–water partition coefficient (Wildman–Crippen LogP) is 5.24. The zero-order valence-corrected chi connectivity index (χ0v) is 15.8.